The van der Waals surface area contributed by atoms with Crippen LogP contribution in [0.5, 0.6) is 0 Å². The van der Waals surface area contributed by atoms with Gasteiger partial charge >= 0.3 is 5.97 Å². The third-order valence-electron chi connectivity index (χ3n) is 3.06. The number of hydrogen-bond acceptors (Lipinski definition) is 6. The van der Waals surface area contributed by atoms with E-state index in [-0.39, 0.29) is 17.7 Å². The summed E-state index contributed by atoms with van der Waals surface area (Å²) < 4.78 is 15.0. The molecule has 0 aromatic heterocycles. The van der Waals surface area contributed by atoms with E-state index in [1.165, 1.54) is 12.1 Å². The molecule has 23 heavy (non-hydrogen) atoms. The van der Waals surface area contributed by atoms with E-state index in [9.17, 15) is 14.7 Å². The molecule has 0 spiro atoms. The van der Waals surface area contributed by atoms with Crippen LogP contribution < -0.4 is 0 Å². The second kappa shape index (κ2) is 10.9. The quantitative estimate of drug-likeness (QED) is 0.291. The molecule has 0 bridgehead atoms. The van der Waals surface area contributed by atoms with E-state index in [0.29, 0.717) is 26.1 Å². The van der Waals surface area contributed by atoms with Crippen LogP contribution in [-0.4, -0.2) is 50.1 Å². The first kappa shape index (κ1) is 19.3. The molecule has 1 N–H and O–H groups in total. The number of carbonyl (C=O) groups excluding carboxylic acids is 2. The molecule has 0 aliphatic heterocycles. The van der Waals surface area contributed by atoms with Crippen LogP contribution >= 0.6 is 0 Å². The van der Waals surface area contributed by atoms with E-state index >= 15 is 0 Å². The first-order chi connectivity index (χ1) is 11.1. The summed E-state index contributed by atoms with van der Waals surface area (Å²) in [6.45, 7) is 3.08. The summed E-state index contributed by atoms with van der Waals surface area (Å²) >= 11 is 0. The summed E-state index contributed by atoms with van der Waals surface area (Å²) in [6, 6.07) is 6.06. The fourth-order valence-corrected chi connectivity index (χ4v) is 1.84. The molecule has 0 saturated carbocycles. The van der Waals surface area contributed by atoms with E-state index in [2.05, 4.69) is 0 Å². The minimum atomic E-state index is -1.52. The molecular weight excluding hydrogens is 300 g/mol. The third kappa shape index (κ3) is 6.90. The van der Waals surface area contributed by atoms with Crippen LogP contribution in [-0.2, 0) is 14.2 Å². The molecule has 0 heterocycles. The molecule has 1 rings (SSSR count). The van der Waals surface area contributed by atoms with Crippen molar-refractivity contribution >= 4 is 11.8 Å². The summed E-state index contributed by atoms with van der Waals surface area (Å²) in [7, 11) is 1.62. The van der Waals surface area contributed by atoms with Crippen LogP contribution in [0.15, 0.2) is 24.3 Å². The van der Waals surface area contributed by atoms with E-state index in [0.717, 1.165) is 6.42 Å². The zero-order valence-corrected chi connectivity index (χ0v) is 13.6. The van der Waals surface area contributed by atoms with E-state index in [1.54, 1.807) is 19.2 Å². The molecule has 1 aromatic carbocycles. The number of carbonyl (C=O) groups is 2. The van der Waals surface area contributed by atoms with Gasteiger partial charge in [0.05, 0.1) is 12.2 Å². The molecule has 0 fully saturated rings. The van der Waals surface area contributed by atoms with Gasteiger partial charge in [-0.25, -0.2) is 4.79 Å². The van der Waals surface area contributed by atoms with Gasteiger partial charge in [0, 0.05) is 25.9 Å². The highest BCUT2D eigenvalue weighted by Crippen LogP contribution is 2.11. The largest absolute Gasteiger partial charge is 0.462 e. The molecule has 0 aliphatic carbocycles. The number of ether oxygens (including phenoxy) is 3. The Balaban J connectivity index is 2.58. The van der Waals surface area contributed by atoms with Crippen LogP contribution in [0.2, 0.25) is 0 Å². The molecule has 0 aliphatic rings. The number of rotatable bonds is 11. The standard InChI is InChI=1S/C17H24O6/c1-3-9-22-17(20)15(18)13-7-6-8-14(12-13)16(19)23-11-5-4-10-21-2/h6-8,12,17,20H,3-5,9-11H2,1-2H3. The van der Waals surface area contributed by atoms with Crippen LogP contribution in [0, 0.1) is 0 Å². The Labute approximate surface area is 136 Å². The van der Waals surface area contributed by atoms with Gasteiger partial charge in [0.2, 0.25) is 12.1 Å². The van der Waals surface area contributed by atoms with E-state index in [1.807, 2.05) is 6.92 Å². The Morgan fingerprint density at radius 2 is 1.83 bits per heavy atom. The van der Waals surface area contributed by atoms with Crippen molar-refractivity contribution in [2.24, 2.45) is 0 Å². The van der Waals surface area contributed by atoms with Gasteiger partial charge in [0.1, 0.15) is 0 Å². The lowest BCUT2D eigenvalue weighted by molar-refractivity contribution is -0.0717. The van der Waals surface area contributed by atoms with Gasteiger partial charge in [0.15, 0.2) is 0 Å². The Morgan fingerprint density at radius 3 is 2.52 bits per heavy atom. The van der Waals surface area contributed by atoms with Crippen LogP contribution in [0.25, 0.3) is 0 Å². The van der Waals surface area contributed by atoms with Crippen molar-refractivity contribution in [3.63, 3.8) is 0 Å². The second-order valence-corrected chi connectivity index (χ2v) is 5.00. The Bertz CT molecular complexity index is 500. The van der Waals surface area contributed by atoms with Crippen molar-refractivity contribution in [1.29, 1.82) is 0 Å². The molecule has 6 nitrogen and oxygen atoms in total. The number of aliphatic hydroxyl groups is 1. The van der Waals surface area contributed by atoms with Crippen molar-refractivity contribution in [3.05, 3.63) is 35.4 Å². The zero-order valence-electron chi connectivity index (χ0n) is 13.6. The predicted octanol–water partition coefficient (Wildman–Crippen LogP) is 2.20. The number of unbranched alkanes of at least 4 members (excludes halogenated alkanes) is 1. The number of aliphatic hydroxyl groups excluding tert-OH is 1. The summed E-state index contributed by atoms with van der Waals surface area (Å²) in [5.41, 5.74) is 0.479. The number of ketones is 1. The fraction of sp³-hybridized carbons (Fsp3) is 0.529. The van der Waals surface area contributed by atoms with Crippen molar-refractivity contribution in [2.75, 3.05) is 26.9 Å². The first-order valence-corrected chi connectivity index (χ1v) is 7.70. The lowest BCUT2D eigenvalue weighted by Gasteiger charge is -2.11. The summed E-state index contributed by atoms with van der Waals surface area (Å²) in [5.74, 6) is -1.07. The monoisotopic (exact) mass is 324 g/mol. The maximum absolute atomic E-state index is 12.0. The molecule has 1 aromatic rings. The number of methoxy groups -OCH3 is 1. The highest BCUT2D eigenvalue weighted by molar-refractivity contribution is 6.00. The fourth-order valence-electron chi connectivity index (χ4n) is 1.84. The average molecular weight is 324 g/mol. The lowest BCUT2D eigenvalue weighted by Crippen LogP contribution is -2.24. The predicted molar refractivity (Wildman–Crippen MR) is 84.4 cm³/mol. The smallest absolute Gasteiger partial charge is 0.338 e. The summed E-state index contributed by atoms with van der Waals surface area (Å²) in [5, 5.41) is 9.66. The van der Waals surface area contributed by atoms with Gasteiger partial charge in [-0.2, -0.15) is 0 Å². The van der Waals surface area contributed by atoms with Crippen LogP contribution in [0.4, 0.5) is 0 Å². The number of hydrogen-bond donors (Lipinski definition) is 1. The molecule has 0 saturated heterocycles. The summed E-state index contributed by atoms with van der Waals surface area (Å²) in [6.07, 6.45) is 0.695. The average Bonchev–Trinajstić information content (AvgIpc) is 2.58. The van der Waals surface area contributed by atoms with Gasteiger partial charge in [0.25, 0.3) is 0 Å². The lowest BCUT2D eigenvalue weighted by atomic mass is 10.1. The maximum atomic E-state index is 12.0. The molecule has 1 unspecified atom stereocenters. The van der Waals surface area contributed by atoms with Gasteiger partial charge in [-0.15, -0.1) is 0 Å². The first-order valence-electron chi connectivity index (χ1n) is 7.70. The van der Waals surface area contributed by atoms with Gasteiger partial charge in [-0.3, -0.25) is 4.79 Å². The van der Waals surface area contributed by atoms with E-state index in [4.69, 9.17) is 14.2 Å². The number of benzene rings is 1. The highest BCUT2D eigenvalue weighted by atomic mass is 16.6. The zero-order chi connectivity index (χ0) is 17.1. The molecule has 0 radical (unpaired) electrons. The number of Topliss-reactive ketones (excluding diaryl/α,β-unsaturated/α-hetero) is 1. The normalized spacial score (nSPS) is 12.0. The van der Waals surface area contributed by atoms with Gasteiger partial charge < -0.3 is 19.3 Å². The van der Waals surface area contributed by atoms with Crippen LogP contribution in [0.1, 0.15) is 46.9 Å². The van der Waals surface area contributed by atoms with Crippen molar-refractivity contribution < 1.29 is 28.9 Å². The molecule has 1 atom stereocenters. The Hall–Kier alpha value is -1.76. The molecule has 128 valence electrons. The molecular formula is C17H24O6. The molecule has 0 amide bonds. The van der Waals surface area contributed by atoms with E-state index < -0.39 is 18.0 Å². The maximum Gasteiger partial charge on any atom is 0.338 e. The topological polar surface area (TPSA) is 82.1 Å². The minimum absolute atomic E-state index is 0.211. The van der Waals surface area contributed by atoms with Crippen molar-refractivity contribution in [1.82, 2.24) is 0 Å². The Morgan fingerprint density at radius 1 is 1.13 bits per heavy atom. The van der Waals surface area contributed by atoms with Gasteiger partial charge in [-0.1, -0.05) is 19.1 Å². The SMILES string of the molecule is CCCOC(O)C(=O)c1cccc(C(=O)OCCCCOC)c1. The Kier molecular flexibility index (Phi) is 9.12. The number of esters is 1. The van der Waals surface area contributed by atoms with Gasteiger partial charge in [-0.05, 0) is 31.4 Å². The highest BCUT2D eigenvalue weighted by Gasteiger charge is 2.19. The second-order valence-electron chi connectivity index (χ2n) is 5.00. The van der Waals surface area contributed by atoms with Crippen molar-refractivity contribution in [2.45, 2.75) is 32.5 Å². The molecule has 6 heteroatoms. The minimum Gasteiger partial charge on any atom is -0.462 e. The van der Waals surface area contributed by atoms with Crippen molar-refractivity contribution in [3.8, 4) is 0 Å². The third-order valence-corrected chi connectivity index (χ3v) is 3.06. The summed E-state index contributed by atoms with van der Waals surface area (Å²) in [4.78, 5) is 24.0. The van der Waals surface area contributed by atoms with Crippen LogP contribution in [0.3, 0.4) is 0 Å².